The van der Waals surface area contributed by atoms with Crippen molar-refractivity contribution < 1.29 is 18.7 Å². The maximum atomic E-state index is 11.8. The van der Waals surface area contributed by atoms with E-state index in [1.165, 1.54) is 10.8 Å². The summed E-state index contributed by atoms with van der Waals surface area (Å²) >= 11 is 0. The van der Waals surface area contributed by atoms with E-state index in [0.717, 1.165) is 0 Å². The molecule has 0 saturated carbocycles. The first-order valence-corrected chi connectivity index (χ1v) is 7.35. The first-order chi connectivity index (χ1) is 9.42. The normalized spacial score (nSPS) is 26.8. The second kappa shape index (κ2) is 5.97. The zero-order valence-electron chi connectivity index (χ0n) is 11.1. The Morgan fingerprint density at radius 3 is 2.90 bits per heavy atom. The van der Waals surface area contributed by atoms with Gasteiger partial charge in [-0.3, -0.25) is 14.3 Å². The van der Waals surface area contributed by atoms with Crippen LogP contribution in [0.4, 0.5) is 0 Å². The number of aryl methyl sites for hydroxylation is 1. The molecule has 20 heavy (non-hydrogen) atoms. The summed E-state index contributed by atoms with van der Waals surface area (Å²) in [6.45, 7) is 3.44. The number of hydrogen-bond acceptors (Lipinski definition) is 5. The van der Waals surface area contributed by atoms with E-state index >= 15 is 0 Å². The van der Waals surface area contributed by atoms with Crippen LogP contribution in [0, 0.1) is 6.92 Å². The van der Waals surface area contributed by atoms with Gasteiger partial charge in [0.2, 0.25) is 0 Å². The van der Waals surface area contributed by atoms with Crippen LogP contribution >= 0.6 is 8.25 Å². The van der Waals surface area contributed by atoms with E-state index in [0.29, 0.717) is 12.0 Å². The van der Waals surface area contributed by atoms with Crippen LogP contribution in [0.25, 0.3) is 0 Å². The van der Waals surface area contributed by atoms with Gasteiger partial charge in [-0.2, -0.15) is 0 Å². The first-order valence-electron chi connectivity index (χ1n) is 6.22. The highest BCUT2D eigenvalue weighted by Gasteiger charge is 2.41. The van der Waals surface area contributed by atoms with Gasteiger partial charge in [0.15, 0.2) is 0 Å². The minimum Gasteiger partial charge on any atom is -0.352 e. The summed E-state index contributed by atoms with van der Waals surface area (Å²) in [6, 6.07) is 0. The predicted octanol–water partition coefficient (Wildman–Crippen LogP) is 0.577. The molecule has 2 heterocycles. The van der Waals surface area contributed by atoms with Crippen LogP contribution in [-0.4, -0.2) is 26.7 Å². The zero-order chi connectivity index (χ0) is 14.9. The largest absolute Gasteiger partial charge is 0.695 e. The summed E-state index contributed by atoms with van der Waals surface area (Å²) in [6.07, 6.45) is 0.721. The fourth-order valence-electron chi connectivity index (χ4n) is 2.26. The van der Waals surface area contributed by atoms with Crippen molar-refractivity contribution in [1.29, 1.82) is 0 Å². The third kappa shape index (κ3) is 3.04. The molecule has 9 heteroatoms. The van der Waals surface area contributed by atoms with Crippen LogP contribution in [0.2, 0.25) is 0 Å². The molecular weight excluding hydrogens is 287 g/mol. The zero-order valence-corrected chi connectivity index (χ0v) is 12.0. The molecule has 0 amide bonds. The smallest absolute Gasteiger partial charge is 0.352 e. The average molecular weight is 303 g/mol. The van der Waals surface area contributed by atoms with Crippen molar-refractivity contribution in [3.05, 3.63) is 32.6 Å². The Balaban J connectivity index is 2.27. The molecule has 8 nitrogen and oxygen atoms in total. The molecule has 0 bridgehead atoms. The molecule has 0 spiro atoms. The topological polar surface area (TPSA) is 111 Å². The number of hydrogen-bond donors (Lipinski definition) is 2. The van der Waals surface area contributed by atoms with Gasteiger partial charge in [-0.25, -0.2) is 4.79 Å². The van der Waals surface area contributed by atoms with Crippen molar-refractivity contribution in [3.8, 4) is 0 Å². The Hall–Kier alpha value is -1.34. The summed E-state index contributed by atoms with van der Waals surface area (Å²) in [5.74, 6) is 0. The molecule has 4 unspecified atom stereocenters. The minimum absolute atomic E-state index is 0.269. The van der Waals surface area contributed by atoms with Crippen molar-refractivity contribution in [1.82, 2.24) is 9.55 Å². The number of aromatic nitrogens is 2. The molecule has 2 N–H and O–H groups in total. The molecule has 1 aliphatic heterocycles. The molecule has 1 aromatic rings. The van der Waals surface area contributed by atoms with Gasteiger partial charge < -0.3 is 4.74 Å². The molecule has 0 radical (unpaired) electrons. The van der Waals surface area contributed by atoms with E-state index in [1.807, 2.05) is 6.92 Å². The first kappa shape index (κ1) is 15.1. The third-order valence-electron chi connectivity index (χ3n) is 3.26. The Kier molecular flexibility index (Phi) is 4.49. The molecule has 4 atom stereocenters. The van der Waals surface area contributed by atoms with E-state index < -0.39 is 31.8 Å². The predicted molar refractivity (Wildman–Crippen MR) is 69.6 cm³/mol. The Morgan fingerprint density at radius 1 is 1.60 bits per heavy atom. The van der Waals surface area contributed by atoms with Crippen molar-refractivity contribution in [2.75, 3.05) is 0 Å². The molecule has 1 aromatic heterocycles. The van der Waals surface area contributed by atoms with Crippen LogP contribution in [0.1, 0.15) is 31.6 Å². The number of nitrogens with zero attached hydrogens (tertiary/aromatic N) is 1. The standard InChI is InChI=1S/C11H15N2O6P/c1-3-7-8(19-20(16)17)4-9(18-7)13-5-6(2)10(14)12-11(13)15/h5,7-9H,3-4H2,1-2H3,(H-,12,14,15,16,17)/p+1. The summed E-state index contributed by atoms with van der Waals surface area (Å²) in [7, 11) is -2.73. The van der Waals surface area contributed by atoms with Crippen LogP contribution in [0.15, 0.2) is 15.8 Å². The van der Waals surface area contributed by atoms with Crippen LogP contribution in [0.5, 0.6) is 0 Å². The van der Waals surface area contributed by atoms with E-state index in [-0.39, 0.29) is 12.5 Å². The lowest BCUT2D eigenvalue weighted by molar-refractivity contribution is -0.0184. The number of ether oxygens (including phenoxy) is 1. The van der Waals surface area contributed by atoms with Gasteiger partial charge >= 0.3 is 13.9 Å². The summed E-state index contributed by atoms with van der Waals surface area (Å²) in [4.78, 5) is 34.1. The summed E-state index contributed by atoms with van der Waals surface area (Å²) in [5.41, 5.74) is -0.629. The van der Waals surface area contributed by atoms with Gasteiger partial charge in [-0.15, -0.1) is 9.42 Å². The lowest BCUT2D eigenvalue weighted by atomic mass is 10.1. The molecule has 1 fully saturated rings. The highest BCUT2D eigenvalue weighted by atomic mass is 31.1. The highest BCUT2D eigenvalue weighted by Crippen LogP contribution is 2.35. The number of rotatable bonds is 4. The Bertz CT molecular complexity index is 624. The molecule has 0 aromatic carbocycles. The van der Waals surface area contributed by atoms with E-state index in [2.05, 4.69) is 4.98 Å². The highest BCUT2D eigenvalue weighted by molar-refractivity contribution is 7.32. The number of H-pyrrole nitrogens is 1. The van der Waals surface area contributed by atoms with E-state index in [1.54, 1.807) is 6.92 Å². The maximum absolute atomic E-state index is 11.8. The maximum Gasteiger partial charge on any atom is 0.695 e. The molecule has 1 aliphatic rings. The number of aromatic amines is 1. The number of nitrogens with one attached hydrogen (secondary N) is 1. The summed E-state index contributed by atoms with van der Waals surface area (Å²) in [5, 5.41) is 0. The van der Waals surface area contributed by atoms with Gasteiger partial charge in [0, 0.05) is 22.7 Å². The summed E-state index contributed by atoms with van der Waals surface area (Å²) < 4.78 is 22.6. The van der Waals surface area contributed by atoms with Crippen molar-refractivity contribution in [3.63, 3.8) is 0 Å². The quantitative estimate of drug-likeness (QED) is 0.787. The SMILES string of the molecule is CCC1OC(n2cc(C)c(=O)[nH]c2=O)CC1O[P+](=O)O. The lowest BCUT2D eigenvalue weighted by Crippen LogP contribution is -2.33. The van der Waals surface area contributed by atoms with E-state index in [4.69, 9.17) is 14.2 Å². The van der Waals surface area contributed by atoms with Gasteiger partial charge in [-0.05, 0) is 13.3 Å². The van der Waals surface area contributed by atoms with Crippen LogP contribution in [0.3, 0.4) is 0 Å². The van der Waals surface area contributed by atoms with E-state index in [9.17, 15) is 14.2 Å². The lowest BCUT2D eigenvalue weighted by Gasteiger charge is -2.14. The van der Waals surface area contributed by atoms with Crippen molar-refractivity contribution in [2.24, 2.45) is 0 Å². The Morgan fingerprint density at radius 2 is 2.30 bits per heavy atom. The fourth-order valence-corrected chi connectivity index (χ4v) is 2.71. The molecular formula is C11H16N2O6P+. The molecule has 110 valence electrons. The Labute approximate surface area is 115 Å². The van der Waals surface area contributed by atoms with Gasteiger partial charge in [-0.1, -0.05) is 6.92 Å². The van der Waals surface area contributed by atoms with Crippen molar-refractivity contribution >= 4 is 8.25 Å². The fraction of sp³-hybridized carbons (Fsp3) is 0.636. The molecule has 2 rings (SSSR count). The second-order valence-electron chi connectivity index (χ2n) is 4.63. The molecule has 1 saturated heterocycles. The van der Waals surface area contributed by atoms with Gasteiger partial charge in [0.05, 0.1) is 6.10 Å². The third-order valence-corrected chi connectivity index (χ3v) is 3.72. The second-order valence-corrected chi connectivity index (χ2v) is 5.32. The van der Waals surface area contributed by atoms with Crippen molar-refractivity contribution in [2.45, 2.75) is 45.1 Å². The van der Waals surface area contributed by atoms with Gasteiger partial charge in [0.1, 0.15) is 12.3 Å². The van der Waals surface area contributed by atoms with Crippen LogP contribution < -0.4 is 11.2 Å². The average Bonchev–Trinajstić information content (AvgIpc) is 2.75. The molecule has 0 aliphatic carbocycles. The monoisotopic (exact) mass is 303 g/mol. The van der Waals surface area contributed by atoms with Gasteiger partial charge in [0.25, 0.3) is 5.56 Å². The van der Waals surface area contributed by atoms with Crippen LogP contribution in [-0.2, 0) is 13.8 Å². The minimum atomic E-state index is -2.73.